The van der Waals surface area contributed by atoms with Crippen molar-refractivity contribution >= 4 is 5.91 Å². The summed E-state index contributed by atoms with van der Waals surface area (Å²) >= 11 is 0. The first-order chi connectivity index (χ1) is 11.9. The van der Waals surface area contributed by atoms with Crippen molar-refractivity contribution in [1.29, 1.82) is 0 Å². The van der Waals surface area contributed by atoms with Gasteiger partial charge in [-0.2, -0.15) is 0 Å². The van der Waals surface area contributed by atoms with Crippen LogP contribution >= 0.6 is 0 Å². The number of amides is 1. The SMILES string of the molecule is COc1cnc(C(C)(C)NC(=O)CC(C2CCC2)C2CCC2)[nH]c1=O. The molecule has 6 heteroatoms. The summed E-state index contributed by atoms with van der Waals surface area (Å²) in [5.41, 5.74) is -1.07. The van der Waals surface area contributed by atoms with Gasteiger partial charge in [0.2, 0.25) is 11.7 Å². The van der Waals surface area contributed by atoms with Crippen LogP contribution in [0.5, 0.6) is 5.75 Å². The monoisotopic (exact) mass is 347 g/mol. The van der Waals surface area contributed by atoms with Gasteiger partial charge in [-0.1, -0.05) is 38.5 Å². The Kier molecular flexibility index (Phi) is 5.16. The van der Waals surface area contributed by atoms with Crippen LogP contribution in [0.4, 0.5) is 0 Å². The van der Waals surface area contributed by atoms with Gasteiger partial charge in [-0.25, -0.2) is 4.98 Å². The Hall–Kier alpha value is -1.85. The van der Waals surface area contributed by atoms with Gasteiger partial charge in [0, 0.05) is 6.42 Å². The van der Waals surface area contributed by atoms with E-state index in [1.807, 2.05) is 13.8 Å². The van der Waals surface area contributed by atoms with Gasteiger partial charge >= 0.3 is 0 Å². The first kappa shape index (κ1) is 18.0. The van der Waals surface area contributed by atoms with E-state index in [-0.39, 0.29) is 17.2 Å². The standard InChI is InChI=1S/C19H29N3O3/c1-19(2,18-20-11-15(25-3)17(24)21-18)22-16(23)10-14(12-6-4-7-12)13-8-5-9-13/h11-14H,4-10H2,1-3H3,(H,22,23)(H,20,21,24). The van der Waals surface area contributed by atoms with E-state index >= 15 is 0 Å². The summed E-state index contributed by atoms with van der Waals surface area (Å²) in [4.78, 5) is 31.6. The summed E-state index contributed by atoms with van der Waals surface area (Å²) in [6.45, 7) is 3.72. The third-order valence-electron chi connectivity index (χ3n) is 5.96. The smallest absolute Gasteiger partial charge is 0.293 e. The zero-order valence-electron chi connectivity index (χ0n) is 15.4. The van der Waals surface area contributed by atoms with Gasteiger partial charge < -0.3 is 15.0 Å². The molecule has 25 heavy (non-hydrogen) atoms. The molecule has 6 nitrogen and oxygen atoms in total. The van der Waals surface area contributed by atoms with Crippen molar-refractivity contribution in [2.24, 2.45) is 17.8 Å². The fourth-order valence-corrected chi connectivity index (χ4v) is 3.97. The summed E-state index contributed by atoms with van der Waals surface area (Å²) < 4.78 is 4.94. The highest BCUT2D eigenvalue weighted by Gasteiger charge is 2.38. The van der Waals surface area contributed by atoms with Crippen molar-refractivity contribution < 1.29 is 9.53 Å². The third kappa shape index (κ3) is 3.88. The van der Waals surface area contributed by atoms with E-state index in [4.69, 9.17) is 4.74 Å². The summed E-state index contributed by atoms with van der Waals surface area (Å²) in [6.07, 6.45) is 9.66. The quantitative estimate of drug-likeness (QED) is 0.794. The normalized spacial score (nSPS) is 18.6. The minimum atomic E-state index is -0.730. The van der Waals surface area contributed by atoms with Gasteiger partial charge in [-0.3, -0.25) is 9.59 Å². The molecule has 0 unspecified atom stereocenters. The van der Waals surface area contributed by atoms with E-state index in [0.29, 0.717) is 18.2 Å². The number of hydrogen-bond acceptors (Lipinski definition) is 4. The van der Waals surface area contributed by atoms with Gasteiger partial charge in [-0.15, -0.1) is 0 Å². The average molecular weight is 347 g/mol. The largest absolute Gasteiger partial charge is 0.490 e. The molecule has 2 N–H and O–H groups in total. The van der Waals surface area contributed by atoms with Gasteiger partial charge in [0.15, 0.2) is 0 Å². The molecule has 2 aliphatic rings. The molecular weight excluding hydrogens is 318 g/mol. The van der Waals surface area contributed by atoms with E-state index in [1.54, 1.807) is 0 Å². The molecule has 2 fully saturated rings. The lowest BCUT2D eigenvalue weighted by Crippen LogP contribution is -2.45. The van der Waals surface area contributed by atoms with E-state index < -0.39 is 5.54 Å². The lowest BCUT2D eigenvalue weighted by atomic mass is 9.63. The van der Waals surface area contributed by atoms with E-state index in [2.05, 4.69) is 15.3 Å². The molecule has 0 aliphatic heterocycles. The number of carbonyl (C=O) groups excluding carboxylic acids is 1. The van der Waals surface area contributed by atoms with Gasteiger partial charge in [-0.05, 0) is 31.6 Å². The van der Waals surface area contributed by atoms with Crippen LogP contribution in [0.1, 0.15) is 64.6 Å². The molecule has 1 aromatic heterocycles. The van der Waals surface area contributed by atoms with Crippen LogP contribution < -0.4 is 15.6 Å². The number of H-pyrrole nitrogens is 1. The molecule has 0 saturated heterocycles. The zero-order valence-corrected chi connectivity index (χ0v) is 15.4. The molecule has 3 rings (SSSR count). The maximum absolute atomic E-state index is 12.7. The fraction of sp³-hybridized carbons (Fsp3) is 0.737. The molecule has 1 heterocycles. The molecular formula is C19H29N3O3. The number of rotatable bonds is 7. The van der Waals surface area contributed by atoms with Gasteiger partial charge in [0.1, 0.15) is 5.82 Å². The van der Waals surface area contributed by atoms with Crippen LogP contribution in [-0.4, -0.2) is 23.0 Å². The molecule has 0 bridgehead atoms. The van der Waals surface area contributed by atoms with Crippen LogP contribution in [0.15, 0.2) is 11.0 Å². The van der Waals surface area contributed by atoms with Gasteiger partial charge in [0.25, 0.3) is 5.56 Å². The van der Waals surface area contributed by atoms with Crippen LogP contribution in [0.25, 0.3) is 0 Å². The maximum atomic E-state index is 12.7. The summed E-state index contributed by atoms with van der Waals surface area (Å²) in [5, 5.41) is 3.06. The van der Waals surface area contributed by atoms with E-state index in [9.17, 15) is 9.59 Å². The van der Waals surface area contributed by atoms with E-state index in [1.165, 1.54) is 51.8 Å². The molecule has 138 valence electrons. The Labute approximate surface area is 148 Å². The van der Waals surface area contributed by atoms with Crippen LogP contribution in [0.2, 0.25) is 0 Å². The molecule has 0 radical (unpaired) electrons. The number of ether oxygens (including phenoxy) is 1. The highest BCUT2D eigenvalue weighted by atomic mass is 16.5. The predicted molar refractivity (Wildman–Crippen MR) is 95.4 cm³/mol. The van der Waals surface area contributed by atoms with Crippen LogP contribution in [0, 0.1) is 17.8 Å². The van der Waals surface area contributed by atoms with Gasteiger partial charge in [0.05, 0.1) is 18.8 Å². The second-order valence-corrected chi connectivity index (χ2v) is 8.05. The van der Waals surface area contributed by atoms with E-state index in [0.717, 1.165) is 11.8 Å². The lowest BCUT2D eigenvalue weighted by Gasteiger charge is -2.42. The Morgan fingerprint density at radius 2 is 1.92 bits per heavy atom. The Bertz CT molecular complexity index is 661. The molecule has 2 aliphatic carbocycles. The second kappa shape index (κ2) is 7.18. The minimum Gasteiger partial charge on any atom is -0.490 e. The number of carbonyl (C=O) groups is 1. The summed E-state index contributed by atoms with van der Waals surface area (Å²) in [5.74, 6) is 2.61. The highest BCUT2D eigenvalue weighted by molar-refractivity contribution is 5.77. The second-order valence-electron chi connectivity index (χ2n) is 8.05. The number of nitrogens with one attached hydrogen (secondary N) is 2. The first-order valence-electron chi connectivity index (χ1n) is 9.35. The summed E-state index contributed by atoms with van der Waals surface area (Å²) in [6, 6.07) is 0. The van der Waals surface area contributed by atoms with Crippen LogP contribution in [0.3, 0.4) is 0 Å². The van der Waals surface area contributed by atoms with Crippen molar-refractivity contribution in [3.05, 3.63) is 22.4 Å². The molecule has 0 atom stereocenters. The Balaban J connectivity index is 1.65. The van der Waals surface area contributed by atoms with Crippen molar-refractivity contribution in [2.45, 2.75) is 64.3 Å². The van der Waals surface area contributed by atoms with Crippen molar-refractivity contribution in [1.82, 2.24) is 15.3 Å². The molecule has 2 saturated carbocycles. The first-order valence-corrected chi connectivity index (χ1v) is 9.35. The maximum Gasteiger partial charge on any atom is 0.293 e. The topological polar surface area (TPSA) is 84.1 Å². The lowest BCUT2D eigenvalue weighted by molar-refractivity contribution is -0.125. The molecule has 0 aromatic carbocycles. The van der Waals surface area contributed by atoms with Crippen LogP contribution in [-0.2, 0) is 10.3 Å². The Morgan fingerprint density at radius 3 is 2.36 bits per heavy atom. The molecule has 0 spiro atoms. The minimum absolute atomic E-state index is 0.0484. The number of methoxy groups -OCH3 is 1. The Morgan fingerprint density at radius 1 is 1.32 bits per heavy atom. The number of aromatic nitrogens is 2. The van der Waals surface area contributed by atoms with Crippen molar-refractivity contribution in [3.63, 3.8) is 0 Å². The number of hydrogen-bond donors (Lipinski definition) is 2. The molecule has 1 aromatic rings. The van der Waals surface area contributed by atoms with Crippen molar-refractivity contribution in [3.8, 4) is 5.75 Å². The zero-order chi connectivity index (χ0) is 18.0. The highest BCUT2D eigenvalue weighted by Crippen LogP contribution is 2.46. The predicted octanol–water partition coefficient (Wildman–Crippen LogP) is 2.74. The summed E-state index contributed by atoms with van der Waals surface area (Å²) in [7, 11) is 1.43. The third-order valence-corrected chi connectivity index (χ3v) is 5.96. The number of aromatic amines is 1. The number of nitrogens with zero attached hydrogens (tertiary/aromatic N) is 1. The fourth-order valence-electron chi connectivity index (χ4n) is 3.97. The average Bonchev–Trinajstić information content (AvgIpc) is 2.42. The molecule has 1 amide bonds. The van der Waals surface area contributed by atoms with Crippen molar-refractivity contribution in [2.75, 3.05) is 7.11 Å².